The molecule has 0 aromatic rings. The number of ether oxygens (including phenoxy) is 1. The largest absolute Gasteiger partial charge is 0.481 e. The van der Waals surface area contributed by atoms with E-state index in [1.54, 1.807) is 12.2 Å². The molecule has 4 N–H and O–H groups in total. The summed E-state index contributed by atoms with van der Waals surface area (Å²) in [6.45, 7) is 2.03. The first-order chi connectivity index (χ1) is 13.4. The lowest BCUT2D eigenvalue weighted by atomic mass is 10.0. The van der Waals surface area contributed by atoms with Gasteiger partial charge in [0.15, 0.2) is 0 Å². The minimum absolute atomic E-state index is 0.131. The number of carbonyl (C=O) groups is 1. The van der Waals surface area contributed by atoms with Gasteiger partial charge in [-0.15, -0.1) is 0 Å². The molecule has 0 amide bonds. The van der Waals surface area contributed by atoms with Gasteiger partial charge in [0.25, 0.3) is 0 Å². The molecule has 6 heteroatoms. The molecule has 1 aliphatic rings. The molecule has 28 heavy (non-hydrogen) atoms. The summed E-state index contributed by atoms with van der Waals surface area (Å²) >= 11 is 0. The molecule has 0 aromatic heterocycles. The Bertz CT molecular complexity index is 551. The van der Waals surface area contributed by atoms with Gasteiger partial charge in [-0.1, -0.05) is 55.5 Å². The lowest BCUT2D eigenvalue weighted by molar-refractivity contribution is -0.136. The highest BCUT2D eigenvalue weighted by atomic mass is 16.5. The summed E-state index contributed by atoms with van der Waals surface area (Å²) in [5.74, 6) is -0.805. The Morgan fingerprint density at radius 3 is 2.54 bits per heavy atom. The molecule has 0 saturated carbocycles. The second-order valence-electron chi connectivity index (χ2n) is 6.92. The van der Waals surface area contributed by atoms with Crippen LogP contribution in [-0.2, 0) is 9.53 Å². The van der Waals surface area contributed by atoms with Gasteiger partial charge in [-0.2, -0.15) is 0 Å². The monoisotopic (exact) mass is 394 g/mol. The fourth-order valence-electron chi connectivity index (χ4n) is 2.84. The molecule has 0 aromatic carbocycles. The van der Waals surface area contributed by atoms with Crippen LogP contribution in [0, 0.1) is 0 Å². The summed E-state index contributed by atoms with van der Waals surface area (Å²) in [4.78, 5) is 10.4. The van der Waals surface area contributed by atoms with E-state index in [0.29, 0.717) is 32.1 Å². The maximum absolute atomic E-state index is 10.4. The number of hydrogen-bond donors (Lipinski definition) is 4. The third-order valence-corrected chi connectivity index (χ3v) is 4.42. The third kappa shape index (κ3) is 10.6. The van der Waals surface area contributed by atoms with E-state index in [2.05, 4.69) is 0 Å². The van der Waals surface area contributed by atoms with Gasteiger partial charge in [0, 0.05) is 12.8 Å². The summed E-state index contributed by atoms with van der Waals surface area (Å²) in [7, 11) is 0. The van der Waals surface area contributed by atoms with E-state index in [9.17, 15) is 20.1 Å². The Morgan fingerprint density at radius 2 is 1.82 bits per heavy atom. The van der Waals surface area contributed by atoms with Gasteiger partial charge in [-0.25, -0.2) is 0 Å². The number of hydrogen-bond acceptors (Lipinski definition) is 5. The molecule has 1 rings (SSSR count). The molecular weight excluding hydrogens is 360 g/mol. The highest BCUT2D eigenvalue weighted by Crippen LogP contribution is 2.25. The number of aliphatic hydroxyl groups is 3. The zero-order valence-corrected chi connectivity index (χ0v) is 16.6. The second-order valence-corrected chi connectivity index (χ2v) is 6.92. The maximum atomic E-state index is 10.4. The zero-order chi connectivity index (χ0) is 20.8. The first-order valence-electron chi connectivity index (χ1n) is 9.98. The SMILES string of the molecule is CC/C=C\C[C@@H](O)[C@H]1C[C@@H](O)[C@H](/C=C/[C@@H](O)C/C=C\C/C=C\CCC(=O)O)O1. The van der Waals surface area contributed by atoms with E-state index >= 15 is 0 Å². The summed E-state index contributed by atoms with van der Waals surface area (Å²) < 4.78 is 5.71. The average Bonchev–Trinajstić information content (AvgIpc) is 3.03. The summed E-state index contributed by atoms with van der Waals surface area (Å²) in [6.07, 6.45) is 15.3. The molecule has 1 fully saturated rings. The standard InChI is InChI=1S/C22H34O6/c1-2-3-8-12-18(24)21-16-19(25)20(28-21)15-14-17(23)11-9-6-4-5-7-10-13-22(26)27/h3,5-9,14-15,17-21,23-25H,2,4,10-13,16H2,1H3,(H,26,27)/b7-5-,8-3-,9-6-,15-14+/t17-,18+,19+,20-,21+/m0/s1. The fourth-order valence-corrected chi connectivity index (χ4v) is 2.84. The molecule has 1 saturated heterocycles. The van der Waals surface area contributed by atoms with E-state index in [1.807, 2.05) is 43.4 Å². The highest BCUT2D eigenvalue weighted by Gasteiger charge is 2.35. The first kappa shape index (κ1) is 24.3. The highest BCUT2D eigenvalue weighted by molar-refractivity contribution is 5.66. The molecule has 0 radical (unpaired) electrons. The van der Waals surface area contributed by atoms with Crippen LogP contribution in [0.15, 0.2) is 48.6 Å². The van der Waals surface area contributed by atoms with Gasteiger partial charge in [-0.05, 0) is 32.1 Å². The van der Waals surface area contributed by atoms with Crippen molar-refractivity contribution >= 4 is 5.97 Å². The van der Waals surface area contributed by atoms with Gasteiger partial charge < -0.3 is 25.2 Å². The Labute approximate surface area is 167 Å². The van der Waals surface area contributed by atoms with Crippen LogP contribution in [0.4, 0.5) is 0 Å². The van der Waals surface area contributed by atoms with Gasteiger partial charge in [0.1, 0.15) is 6.10 Å². The molecule has 0 spiro atoms. The molecule has 0 unspecified atom stereocenters. The van der Waals surface area contributed by atoms with Crippen molar-refractivity contribution in [3.05, 3.63) is 48.6 Å². The average molecular weight is 395 g/mol. The van der Waals surface area contributed by atoms with Crippen LogP contribution in [0.1, 0.15) is 51.9 Å². The number of aliphatic carboxylic acids is 1. The summed E-state index contributed by atoms with van der Waals surface area (Å²) in [5, 5.41) is 38.8. The van der Waals surface area contributed by atoms with Crippen molar-refractivity contribution < 1.29 is 30.0 Å². The van der Waals surface area contributed by atoms with Crippen LogP contribution in [0.2, 0.25) is 0 Å². The van der Waals surface area contributed by atoms with Crippen molar-refractivity contribution in [3.63, 3.8) is 0 Å². The van der Waals surface area contributed by atoms with E-state index < -0.39 is 36.5 Å². The van der Waals surface area contributed by atoms with Crippen molar-refractivity contribution in [3.8, 4) is 0 Å². The summed E-state index contributed by atoms with van der Waals surface area (Å²) in [5.41, 5.74) is 0. The topological polar surface area (TPSA) is 107 Å². The van der Waals surface area contributed by atoms with Crippen LogP contribution in [0.5, 0.6) is 0 Å². The predicted molar refractivity (Wildman–Crippen MR) is 109 cm³/mol. The Balaban J connectivity index is 2.29. The molecule has 6 nitrogen and oxygen atoms in total. The minimum atomic E-state index is -0.805. The van der Waals surface area contributed by atoms with Crippen LogP contribution in [-0.4, -0.2) is 56.9 Å². The van der Waals surface area contributed by atoms with Gasteiger partial charge in [0.05, 0.1) is 24.4 Å². The quantitative estimate of drug-likeness (QED) is 0.358. The minimum Gasteiger partial charge on any atom is -0.481 e. The fraction of sp³-hybridized carbons (Fsp3) is 0.591. The maximum Gasteiger partial charge on any atom is 0.303 e. The number of allylic oxidation sites excluding steroid dienone is 4. The number of aliphatic hydroxyl groups excluding tert-OH is 3. The van der Waals surface area contributed by atoms with Crippen molar-refractivity contribution in [2.45, 2.75) is 82.4 Å². The molecular formula is C22H34O6. The Kier molecular flexibility index (Phi) is 12.4. The molecule has 5 atom stereocenters. The van der Waals surface area contributed by atoms with Crippen LogP contribution < -0.4 is 0 Å². The Hall–Kier alpha value is -1.73. The van der Waals surface area contributed by atoms with E-state index in [-0.39, 0.29) is 6.42 Å². The number of carboxylic acids is 1. The third-order valence-electron chi connectivity index (χ3n) is 4.42. The molecule has 1 aliphatic heterocycles. The van der Waals surface area contributed by atoms with Crippen molar-refractivity contribution in [1.82, 2.24) is 0 Å². The van der Waals surface area contributed by atoms with Crippen molar-refractivity contribution in [1.29, 1.82) is 0 Å². The van der Waals surface area contributed by atoms with Crippen LogP contribution in [0.3, 0.4) is 0 Å². The van der Waals surface area contributed by atoms with Crippen molar-refractivity contribution in [2.75, 3.05) is 0 Å². The lowest BCUT2D eigenvalue weighted by Gasteiger charge is -2.16. The smallest absolute Gasteiger partial charge is 0.303 e. The molecule has 0 aliphatic carbocycles. The van der Waals surface area contributed by atoms with E-state index in [4.69, 9.17) is 9.84 Å². The molecule has 158 valence electrons. The molecule has 0 bridgehead atoms. The van der Waals surface area contributed by atoms with Gasteiger partial charge in [0.2, 0.25) is 0 Å². The number of rotatable bonds is 13. The van der Waals surface area contributed by atoms with Crippen molar-refractivity contribution in [2.24, 2.45) is 0 Å². The first-order valence-corrected chi connectivity index (χ1v) is 9.98. The summed E-state index contributed by atoms with van der Waals surface area (Å²) in [6, 6.07) is 0. The second kappa shape index (κ2) is 14.3. The predicted octanol–water partition coefficient (Wildman–Crippen LogP) is 2.90. The number of carboxylic acid groups (broad SMARTS) is 1. The zero-order valence-electron chi connectivity index (χ0n) is 16.6. The van der Waals surface area contributed by atoms with Gasteiger partial charge in [-0.3, -0.25) is 4.79 Å². The van der Waals surface area contributed by atoms with Crippen LogP contribution in [0.25, 0.3) is 0 Å². The van der Waals surface area contributed by atoms with Gasteiger partial charge >= 0.3 is 5.97 Å². The molecule has 1 heterocycles. The Morgan fingerprint density at radius 1 is 1.11 bits per heavy atom. The lowest BCUT2D eigenvalue weighted by Crippen LogP contribution is -2.25. The normalized spacial score (nSPS) is 25.5. The van der Waals surface area contributed by atoms with E-state index in [1.165, 1.54) is 0 Å². The van der Waals surface area contributed by atoms with E-state index in [0.717, 1.165) is 6.42 Å². The van der Waals surface area contributed by atoms with Crippen LogP contribution >= 0.6 is 0 Å².